The van der Waals surface area contributed by atoms with Crippen molar-refractivity contribution in [2.45, 2.75) is 25.6 Å². The summed E-state index contributed by atoms with van der Waals surface area (Å²) in [6.07, 6.45) is -0.169. The summed E-state index contributed by atoms with van der Waals surface area (Å²) in [6, 6.07) is 5.56. The number of nitrogens with zero attached hydrogens (tertiary/aromatic N) is 1. The van der Waals surface area contributed by atoms with Gasteiger partial charge >= 0.3 is 5.97 Å². The topological polar surface area (TPSA) is 74.0 Å². The molecular weight excluding hydrogens is 272 g/mol. The summed E-state index contributed by atoms with van der Waals surface area (Å²) in [4.78, 5) is 17.8. The van der Waals surface area contributed by atoms with Crippen LogP contribution in [0.4, 0.5) is 0 Å². The van der Waals surface area contributed by atoms with Gasteiger partial charge in [-0.05, 0) is 12.5 Å². The van der Waals surface area contributed by atoms with E-state index >= 15 is 0 Å². The van der Waals surface area contributed by atoms with Crippen LogP contribution in [-0.2, 0) is 20.9 Å². The smallest absolute Gasteiger partial charge is 0.326 e. The Bertz CT molecular complexity index is 548. The fourth-order valence-corrected chi connectivity index (χ4v) is 3.14. The van der Waals surface area contributed by atoms with Crippen LogP contribution in [0.15, 0.2) is 18.2 Å². The van der Waals surface area contributed by atoms with E-state index in [1.807, 2.05) is 25.1 Å². The first-order valence-electron chi connectivity index (χ1n) is 7.08. The van der Waals surface area contributed by atoms with Crippen LogP contribution < -0.4 is 10.5 Å². The number of hydrogen-bond acceptors (Lipinski definition) is 6. The molecule has 6 heteroatoms. The van der Waals surface area contributed by atoms with Crippen LogP contribution >= 0.6 is 0 Å². The largest absolute Gasteiger partial charge is 0.496 e. The molecule has 2 heterocycles. The second-order valence-corrected chi connectivity index (χ2v) is 5.46. The molecule has 0 amide bonds. The quantitative estimate of drug-likeness (QED) is 0.820. The Morgan fingerprint density at radius 3 is 3.00 bits per heavy atom. The third kappa shape index (κ3) is 2.39. The molecule has 0 saturated carbocycles. The summed E-state index contributed by atoms with van der Waals surface area (Å²) in [5.41, 5.74) is 7.76. The summed E-state index contributed by atoms with van der Waals surface area (Å²) < 4.78 is 10.6. The van der Waals surface area contributed by atoms with Crippen molar-refractivity contribution in [2.75, 3.05) is 20.3 Å². The first-order valence-corrected chi connectivity index (χ1v) is 7.08. The molecule has 2 aliphatic rings. The van der Waals surface area contributed by atoms with E-state index in [0.717, 1.165) is 16.9 Å². The highest BCUT2D eigenvalue weighted by Crippen LogP contribution is 2.35. The van der Waals surface area contributed by atoms with E-state index in [9.17, 15) is 4.79 Å². The van der Waals surface area contributed by atoms with Gasteiger partial charge in [0, 0.05) is 12.1 Å². The lowest BCUT2D eigenvalue weighted by molar-refractivity contribution is -0.186. The van der Waals surface area contributed by atoms with Crippen molar-refractivity contribution in [3.8, 4) is 5.75 Å². The fourth-order valence-electron chi connectivity index (χ4n) is 3.14. The number of ether oxygens (including phenoxy) is 2. The number of fused-ring (bicyclic) bond motifs is 1. The fraction of sp³-hybridized carbons (Fsp3) is 0.533. The minimum atomic E-state index is -0.372. The monoisotopic (exact) mass is 292 g/mol. The predicted octanol–water partition coefficient (Wildman–Crippen LogP) is 0.620. The van der Waals surface area contributed by atoms with E-state index in [4.69, 9.17) is 20.0 Å². The number of methoxy groups -OCH3 is 1. The van der Waals surface area contributed by atoms with Crippen molar-refractivity contribution in [1.82, 2.24) is 5.06 Å². The lowest BCUT2D eigenvalue weighted by atomic mass is 9.98. The number of hydroxylamine groups is 2. The van der Waals surface area contributed by atoms with Crippen molar-refractivity contribution in [2.24, 2.45) is 11.7 Å². The van der Waals surface area contributed by atoms with Gasteiger partial charge in [0.1, 0.15) is 11.8 Å². The van der Waals surface area contributed by atoms with Gasteiger partial charge in [0.05, 0.1) is 32.3 Å². The van der Waals surface area contributed by atoms with Crippen molar-refractivity contribution < 1.29 is 19.1 Å². The van der Waals surface area contributed by atoms with Crippen molar-refractivity contribution in [3.63, 3.8) is 0 Å². The molecule has 0 aromatic heterocycles. The van der Waals surface area contributed by atoms with E-state index < -0.39 is 0 Å². The molecule has 3 atom stereocenters. The summed E-state index contributed by atoms with van der Waals surface area (Å²) in [6.45, 7) is 3.21. The molecule has 1 unspecified atom stereocenters. The summed E-state index contributed by atoms with van der Waals surface area (Å²) in [5, 5.41) is 1.69. The van der Waals surface area contributed by atoms with E-state index in [1.165, 1.54) is 0 Å². The maximum atomic E-state index is 11.9. The molecule has 114 valence electrons. The average Bonchev–Trinajstić information content (AvgIpc) is 3.01. The lowest BCUT2D eigenvalue weighted by Crippen LogP contribution is -2.35. The van der Waals surface area contributed by atoms with Crippen LogP contribution in [0.2, 0.25) is 0 Å². The number of cyclic esters (lactones) is 1. The number of hydrogen-bond donors (Lipinski definition) is 1. The van der Waals surface area contributed by atoms with Crippen LogP contribution in [0, 0.1) is 12.8 Å². The molecule has 2 fully saturated rings. The number of rotatable bonds is 4. The number of benzene rings is 1. The highest BCUT2D eigenvalue weighted by atomic mass is 16.7. The van der Waals surface area contributed by atoms with E-state index in [2.05, 4.69) is 0 Å². The third-order valence-corrected chi connectivity index (χ3v) is 4.18. The van der Waals surface area contributed by atoms with Crippen molar-refractivity contribution >= 4 is 5.97 Å². The van der Waals surface area contributed by atoms with Crippen LogP contribution in [0.25, 0.3) is 0 Å². The number of nitrogens with two attached hydrogens (primary N) is 1. The number of esters is 1. The van der Waals surface area contributed by atoms with Gasteiger partial charge in [0.25, 0.3) is 0 Å². The van der Waals surface area contributed by atoms with Gasteiger partial charge in [-0.2, -0.15) is 5.06 Å². The van der Waals surface area contributed by atoms with Crippen molar-refractivity contribution in [1.29, 1.82) is 0 Å². The highest BCUT2D eigenvalue weighted by molar-refractivity contribution is 5.78. The molecule has 0 spiro atoms. The molecule has 2 saturated heterocycles. The van der Waals surface area contributed by atoms with Crippen LogP contribution in [0.5, 0.6) is 5.75 Å². The lowest BCUT2D eigenvalue weighted by Gasteiger charge is -2.21. The van der Waals surface area contributed by atoms with Crippen LogP contribution in [-0.4, -0.2) is 43.4 Å². The minimum Gasteiger partial charge on any atom is -0.496 e. The van der Waals surface area contributed by atoms with Gasteiger partial charge in [-0.3, -0.25) is 9.63 Å². The Morgan fingerprint density at radius 2 is 2.29 bits per heavy atom. The van der Waals surface area contributed by atoms with Crippen LogP contribution in [0.3, 0.4) is 0 Å². The summed E-state index contributed by atoms with van der Waals surface area (Å²) in [7, 11) is 1.64. The Kier molecular flexibility index (Phi) is 3.84. The maximum Gasteiger partial charge on any atom is 0.326 e. The maximum absolute atomic E-state index is 11.9. The third-order valence-electron chi connectivity index (χ3n) is 4.18. The van der Waals surface area contributed by atoms with Gasteiger partial charge in [0.15, 0.2) is 0 Å². The molecule has 2 aliphatic heterocycles. The Balaban J connectivity index is 1.85. The van der Waals surface area contributed by atoms with Gasteiger partial charge in [0.2, 0.25) is 0 Å². The Labute approximate surface area is 123 Å². The highest BCUT2D eigenvalue weighted by Gasteiger charge is 2.52. The minimum absolute atomic E-state index is 0.0123. The molecule has 3 rings (SSSR count). The summed E-state index contributed by atoms with van der Waals surface area (Å²) in [5.74, 6) is 0.598. The van der Waals surface area contributed by atoms with Gasteiger partial charge in [-0.1, -0.05) is 18.2 Å². The number of aryl methyl sites for hydroxylation is 1. The zero-order valence-electron chi connectivity index (χ0n) is 12.2. The molecule has 0 bridgehead atoms. The molecule has 1 aromatic carbocycles. The van der Waals surface area contributed by atoms with Crippen molar-refractivity contribution in [3.05, 3.63) is 29.3 Å². The first-order chi connectivity index (χ1) is 10.2. The summed E-state index contributed by atoms with van der Waals surface area (Å²) >= 11 is 0. The number of carbonyl (C=O) groups excluding carboxylic acids is 1. The second kappa shape index (κ2) is 5.63. The molecule has 1 aromatic rings. The molecule has 0 radical (unpaired) electrons. The van der Waals surface area contributed by atoms with Gasteiger partial charge < -0.3 is 15.2 Å². The number of para-hydroxylation sites is 1. The predicted molar refractivity (Wildman–Crippen MR) is 75.4 cm³/mol. The van der Waals surface area contributed by atoms with E-state index in [1.54, 1.807) is 12.2 Å². The van der Waals surface area contributed by atoms with Crippen LogP contribution in [0.1, 0.15) is 11.1 Å². The van der Waals surface area contributed by atoms with Gasteiger partial charge in [-0.15, -0.1) is 0 Å². The SMILES string of the molecule is COc1c(C)cccc1CN1OC(CN)[C@H]2COC(=O)[C@H]21. The zero-order chi connectivity index (χ0) is 15.0. The first kappa shape index (κ1) is 14.3. The molecule has 6 nitrogen and oxygen atoms in total. The van der Waals surface area contributed by atoms with E-state index in [-0.39, 0.29) is 24.0 Å². The van der Waals surface area contributed by atoms with Gasteiger partial charge in [-0.25, -0.2) is 0 Å². The molecule has 0 aliphatic carbocycles. The average molecular weight is 292 g/mol. The zero-order valence-corrected chi connectivity index (χ0v) is 12.2. The molecular formula is C15H20N2O4. The second-order valence-electron chi connectivity index (χ2n) is 5.46. The Morgan fingerprint density at radius 1 is 1.48 bits per heavy atom. The standard InChI is InChI=1S/C15H20N2O4/c1-9-4-3-5-10(14(9)19-2)7-17-13-11(8-20-15(13)18)12(6-16)21-17/h3-5,11-13H,6-8,16H2,1-2H3/t11-,12?,13+/m1/s1. The Hall–Kier alpha value is -1.63. The molecule has 2 N–H and O–H groups in total. The number of carbonyl (C=O) groups is 1. The normalized spacial score (nSPS) is 28.5. The molecule has 21 heavy (non-hydrogen) atoms. The van der Waals surface area contributed by atoms with E-state index in [0.29, 0.717) is 19.7 Å².